The maximum Gasteiger partial charge on any atom is 0.260 e. The second-order valence-electron chi connectivity index (χ2n) is 6.51. The van der Waals surface area contributed by atoms with Crippen LogP contribution in [0.4, 0.5) is 0 Å². The maximum absolute atomic E-state index is 12.3. The Morgan fingerprint density at radius 2 is 1.63 bits per heavy atom. The second kappa shape index (κ2) is 9.57. The summed E-state index contributed by atoms with van der Waals surface area (Å²) in [4.78, 5) is 26.1. The molecule has 0 atom stereocenters. The summed E-state index contributed by atoms with van der Waals surface area (Å²) in [6.45, 7) is 1.30. The molecule has 1 aliphatic heterocycles. The summed E-state index contributed by atoms with van der Waals surface area (Å²) in [6, 6.07) is 19.1. The van der Waals surface area contributed by atoms with Crippen molar-refractivity contribution in [1.29, 1.82) is 0 Å². The summed E-state index contributed by atoms with van der Waals surface area (Å²) in [7, 11) is 0. The van der Waals surface area contributed by atoms with Crippen molar-refractivity contribution in [1.82, 2.24) is 10.2 Å². The van der Waals surface area contributed by atoms with Gasteiger partial charge in [-0.2, -0.15) is 0 Å². The SMILES string of the molecule is O=C(/C=C/c1ccccc1)NC1CCN(C(=O)COc2ccccc2)CC1. The van der Waals surface area contributed by atoms with Crippen molar-refractivity contribution in [2.24, 2.45) is 0 Å². The summed E-state index contributed by atoms with van der Waals surface area (Å²) in [5.74, 6) is 0.571. The highest BCUT2D eigenvalue weighted by molar-refractivity contribution is 5.91. The van der Waals surface area contributed by atoms with E-state index >= 15 is 0 Å². The molecule has 0 aromatic heterocycles. The van der Waals surface area contributed by atoms with E-state index in [2.05, 4.69) is 5.32 Å². The van der Waals surface area contributed by atoms with Gasteiger partial charge in [0.2, 0.25) is 5.91 Å². The molecule has 1 fully saturated rings. The molecule has 5 nitrogen and oxygen atoms in total. The van der Waals surface area contributed by atoms with Crippen LogP contribution in [0.1, 0.15) is 18.4 Å². The summed E-state index contributed by atoms with van der Waals surface area (Å²) in [6.07, 6.45) is 4.86. The number of nitrogens with one attached hydrogen (secondary N) is 1. The molecule has 0 saturated carbocycles. The zero-order valence-electron chi connectivity index (χ0n) is 15.2. The number of nitrogens with zero attached hydrogens (tertiary/aromatic N) is 1. The van der Waals surface area contributed by atoms with Crippen LogP contribution in [0.25, 0.3) is 6.08 Å². The molecular weight excluding hydrogens is 340 g/mol. The molecule has 1 aliphatic rings. The van der Waals surface area contributed by atoms with Gasteiger partial charge in [0, 0.05) is 25.2 Å². The van der Waals surface area contributed by atoms with Crippen LogP contribution in [0.2, 0.25) is 0 Å². The van der Waals surface area contributed by atoms with Gasteiger partial charge in [0.25, 0.3) is 5.91 Å². The highest BCUT2D eigenvalue weighted by atomic mass is 16.5. The van der Waals surface area contributed by atoms with E-state index in [0.29, 0.717) is 18.8 Å². The minimum Gasteiger partial charge on any atom is -0.484 e. The number of para-hydroxylation sites is 1. The van der Waals surface area contributed by atoms with Crippen LogP contribution >= 0.6 is 0 Å². The predicted octanol–water partition coefficient (Wildman–Crippen LogP) is 2.89. The number of carbonyl (C=O) groups excluding carboxylic acids is 2. The first-order valence-electron chi connectivity index (χ1n) is 9.20. The number of hydrogen-bond acceptors (Lipinski definition) is 3. The number of hydrogen-bond donors (Lipinski definition) is 1. The first-order chi connectivity index (χ1) is 13.2. The van der Waals surface area contributed by atoms with Crippen molar-refractivity contribution in [2.45, 2.75) is 18.9 Å². The second-order valence-corrected chi connectivity index (χ2v) is 6.51. The van der Waals surface area contributed by atoms with E-state index in [0.717, 1.165) is 18.4 Å². The standard InChI is InChI=1S/C22H24N2O3/c25-21(12-11-18-7-3-1-4-8-18)23-19-13-15-24(16-14-19)22(26)17-27-20-9-5-2-6-10-20/h1-12,19H,13-17H2,(H,23,25)/b12-11+. The Bertz CT molecular complexity index is 767. The van der Waals surface area contributed by atoms with Crippen molar-refractivity contribution in [3.8, 4) is 5.75 Å². The molecule has 0 spiro atoms. The summed E-state index contributed by atoms with van der Waals surface area (Å²) in [5.41, 5.74) is 0.992. The van der Waals surface area contributed by atoms with Gasteiger partial charge in [-0.15, -0.1) is 0 Å². The molecule has 2 aromatic rings. The number of carbonyl (C=O) groups is 2. The first-order valence-corrected chi connectivity index (χ1v) is 9.20. The van der Waals surface area contributed by atoms with Gasteiger partial charge >= 0.3 is 0 Å². The third-order valence-electron chi connectivity index (χ3n) is 4.53. The van der Waals surface area contributed by atoms with Gasteiger partial charge in [0.15, 0.2) is 6.61 Å². The molecule has 5 heteroatoms. The lowest BCUT2D eigenvalue weighted by Crippen LogP contribution is -2.47. The fourth-order valence-electron chi connectivity index (χ4n) is 3.01. The Kier molecular flexibility index (Phi) is 6.63. The average Bonchev–Trinajstić information content (AvgIpc) is 2.72. The molecule has 1 N–H and O–H groups in total. The number of benzene rings is 2. The zero-order valence-corrected chi connectivity index (χ0v) is 15.2. The zero-order chi connectivity index (χ0) is 18.9. The highest BCUT2D eigenvalue weighted by Gasteiger charge is 2.23. The number of amides is 2. The van der Waals surface area contributed by atoms with Crippen LogP contribution < -0.4 is 10.1 Å². The van der Waals surface area contributed by atoms with Crippen LogP contribution in [0.5, 0.6) is 5.75 Å². The van der Waals surface area contributed by atoms with Gasteiger partial charge in [-0.05, 0) is 36.6 Å². The molecule has 3 rings (SSSR count). The fraction of sp³-hybridized carbons (Fsp3) is 0.273. The summed E-state index contributed by atoms with van der Waals surface area (Å²) >= 11 is 0. The lowest BCUT2D eigenvalue weighted by atomic mass is 10.0. The molecule has 0 unspecified atom stereocenters. The minimum atomic E-state index is -0.101. The van der Waals surface area contributed by atoms with Gasteiger partial charge in [-0.3, -0.25) is 9.59 Å². The average molecular weight is 364 g/mol. The molecule has 0 radical (unpaired) electrons. The van der Waals surface area contributed by atoms with Gasteiger partial charge in [0.1, 0.15) is 5.75 Å². The monoisotopic (exact) mass is 364 g/mol. The van der Waals surface area contributed by atoms with Crippen LogP contribution in [0, 0.1) is 0 Å². The Balaban J connectivity index is 1.38. The van der Waals surface area contributed by atoms with Crippen LogP contribution in [-0.4, -0.2) is 42.5 Å². The third kappa shape index (κ3) is 5.99. The van der Waals surface area contributed by atoms with Crippen molar-refractivity contribution in [3.63, 3.8) is 0 Å². The number of ether oxygens (including phenoxy) is 1. The van der Waals surface area contributed by atoms with E-state index < -0.39 is 0 Å². The van der Waals surface area contributed by atoms with Crippen molar-refractivity contribution >= 4 is 17.9 Å². The molecule has 0 aliphatic carbocycles. The number of piperidine rings is 1. The third-order valence-corrected chi connectivity index (χ3v) is 4.53. The van der Waals surface area contributed by atoms with E-state index in [9.17, 15) is 9.59 Å². The Hall–Kier alpha value is -3.08. The molecule has 0 bridgehead atoms. The lowest BCUT2D eigenvalue weighted by molar-refractivity contribution is -0.134. The van der Waals surface area contributed by atoms with Crippen LogP contribution in [0.15, 0.2) is 66.7 Å². The Labute approximate surface area is 159 Å². The van der Waals surface area contributed by atoms with E-state index in [1.165, 1.54) is 0 Å². The Morgan fingerprint density at radius 3 is 2.30 bits per heavy atom. The van der Waals surface area contributed by atoms with Gasteiger partial charge in [-0.25, -0.2) is 0 Å². The van der Waals surface area contributed by atoms with Crippen molar-refractivity contribution < 1.29 is 14.3 Å². The van der Waals surface area contributed by atoms with Gasteiger partial charge < -0.3 is 15.0 Å². The normalized spacial score (nSPS) is 14.9. The van der Waals surface area contributed by atoms with Crippen molar-refractivity contribution in [3.05, 3.63) is 72.3 Å². The topological polar surface area (TPSA) is 58.6 Å². The fourth-order valence-corrected chi connectivity index (χ4v) is 3.01. The smallest absolute Gasteiger partial charge is 0.260 e. The molecule has 1 saturated heterocycles. The summed E-state index contributed by atoms with van der Waals surface area (Å²) < 4.78 is 5.52. The van der Waals surface area contributed by atoms with E-state index in [4.69, 9.17) is 4.74 Å². The molecule has 2 aromatic carbocycles. The van der Waals surface area contributed by atoms with Crippen LogP contribution in [0.3, 0.4) is 0 Å². The van der Waals surface area contributed by atoms with E-state index in [-0.39, 0.29) is 24.5 Å². The molecule has 2 amide bonds. The largest absolute Gasteiger partial charge is 0.484 e. The quantitative estimate of drug-likeness (QED) is 0.802. The Morgan fingerprint density at radius 1 is 1.00 bits per heavy atom. The molecular formula is C22H24N2O3. The summed E-state index contributed by atoms with van der Waals surface area (Å²) in [5, 5.41) is 3.01. The van der Waals surface area contributed by atoms with Gasteiger partial charge in [0.05, 0.1) is 0 Å². The molecule has 140 valence electrons. The molecule has 1 heterocycles. The van der Waals surface area contributed by atoms with Crippen molar-refractivity contribution in [2.75, 3.05) is 19.7 Å². The predicted molar refractivity (Wildman–Crippen MR) is 105 cm³/mol. The first kappa shape index (κ1) is 18.7. The maximum atomic E-state index is 12.3. The lowest BCUT2D eigenvalue weighted by Gasteiger charge is -2.32. The van der Waals surface area contributed by atoms with E-state index in [1.54, 1.807) is 17.1 Å². The van der Waals surface area contributed by atoms with Crippen LogP contribution in [-0.2, 0) is 9.59 Å². The molecule has 27 heavy (non-hydrogen) atoms. The van der Waals surface area contributed by atoms with Gasteiger partial charge in [-0.1, -0.05) is 48.5 Å². The van der Waals surface area contributed by atoms with E-state index in [1.807, 2.05) is 60.7 Å². The highest BCUT2D eigenvalue weighted by Crippen LogP contribution is 2.13. The number of rotatable bonds is 6. The number of likely N-dealkylation sites (tertiary alicyclic amines) is 1. The minimum absolute atomic E-state index is 0.0207.